The van der Waals surface area contributed by atoms with E-state index in [-0.39, 0.29) is 0 Å². The summed E-state index contributed by atoms with van der Waals surface area (Å²) in [6, 6.07) is 18.6. The lowest BCUT2D eigenvalue weighted by Gasteiger charge is -2.06. The van der Waals surface area contributed by atoms with Crippen molar-refractivity contribution in [3.63, 3.8) is 0 Å². The van der Waals surface area contributed by atoms with Gasteiger partial charge >= 0.3 is 0 Å². The summed E-state index contributed by atoms with van der Waals surface area (Å²) in [6.45, 7) is 0.854. The molecule has 20 heavy (non-hydrogen) atoms. The van der Waals surface area contributed by atoms with Crippen molar-refractivity contribution >= 4 is 0 Å². The molecule has 3 nitrogen and oxygen atoms in total. The van der Waals surface area contributed by atoms with E-state index in [1.165, 1.54) is 11.1 Å². The van der Waals surface area contributed by atoms with Crippen LogP contribution in [0.5, 0.6) is 0 Å². The van der Waals surface area contributed by atoms with Gasteiger partial charge < -0.3 is 5.32 Å². The van der Waals surface area contributed by atoms with Crippen LogP contribution in [0.4, 0.5) is 0 Å². The molecule has 0 amide bonds. The summed E-state index contributed by atoms with van der Waals surface area (Å²) >= 11 is 0. The number of hydrogen-bond donors (Lipinski definition) is 1. The molecule has 0 aliphatic carbocycles. The van der Waals surface area contributed by atoms with Crippen molar-refractivity contribution in [2.24, 2.45) is 0 Å². The minimum atomic E-state index is 0.854. The molecule has 100 valence electrons. The Balaban J connectivity index is 1.98. The van der Waals surface area contributed by atoms with Crippen molar-refractivity contribution in [2.75, 3.05) is 7.05 Å². The molecule has 0 saturated carbocycles. The van der Waals surface area contributed by atoms with Crippen LogP contribution in [0.25, 0.3) is 16.8 Å². The van der Waals surface area contributed by atoms with Crippen LogP contribution >= 0.6 is 0 Å². The molecule has 1 heterocycles. The van der Waals surface area contributed by atoms with Crippen molar-refractivity contribution in [3.05, 3.63) is 72.6 Å². The van der Waals surface area contributed by atoms with Gasteiger partial charge in [0.25, 0.3) is 0 Å². The Morgan fingerprint density at radius 3 is 2.55 bits per heavy atom. The average Bonchev–Trinajstić information content (AvgIpc) is 2.99. The van der Waals surface area contributed by atoms with Crippen LogP contribution in [0, 0.1) is 0 Å². The Morgan fingerprint density at radius 2 is 1.75 bits per heavy atom. The molecule has 3 rings (SSSR count). The van der Waals surface area contributed by atoms with Gasteiger partial charge in [0.05, 0.1) is 11.9 Å². The molecule has 0 unspecified atom stereocenters. The van der Waals surface area contributed by atoms with Gasteiger partial charge in [0.15, 0.2) is 0 Å². The lowest BCUT2D eigenvalue weighted by molar-refractivity contribution is 0.819. The van der Waals surface area contributed by atoms with E-state index in [9.17, 15) is 0 Å². The maximum atomic E-state index is 4.46. The SMILES string of the molecule is CNCc1ccccc1-c1cnn(-c2ccccc2)c1. The molecule has 0 saturated heterocycles. The normalized spacial score (nSPS) is 10.7. The third kappa shape index (κ3) is 2.49. The highest BCUT2D eigenvalue weighted by atomic mass is 15.3. The Labute approximate surface area is 118 Å². The molecular formula is C17H17N3. The first-order valence-corrected chi connectivity index (χ1v) is 6.71. The summed E-state index contributed by atoms with van der Waals surface area (Å²) < 4.78 is 1.91. The molecule has 1 N–H and O–H groups in total. The fourth-order valence-corrected chi connectivity index (χ4v) is 2.33. The van der Waals surface area contributed by atoms with Gasteiger partial charge in [-0.2, -0.15) is 5.10 Å². The predicted octanol–water partition coefficient (Wildman–Crippen LogP) is 3.26. The molecule has 0 fully saturated rings. The van der Waals surface area contributed by atoms with E-state index in [4.69, 9.17) is 0 Å². The number of para-hydroxylation sites is 1. The van der Waals surface area contributed by atoms with Gasteiger partial charge in [-0.3, -0.25) is 0 Å². The number of nitrogens with one attached hydrogen (secondary N) is 1. The van der Waals surface area contributed by atoms with Crippen molar-refractivity contribution in [3.8, 4) is 16.8 Å². The first-order chi connectivity index (χ1) is 9.88. The number of aromatic nitrogens is 2. The number of benzene rings is 2. The molecule has 0 atom stereocenters. The molecule has 1 aromatic heterocycles. The van der Waals surface area contributed by atoms with E-state index in [0.717, 1.165) is 17.8 Å². The van der Waals surface area contributed by atoms with Crippen LogP contribution < -0.4 is 5.32 Å². The van der Waals surface area contributed by atoms with Crippen LogP contribution in [-0.2, 0) is 6.54 Å². The smallest absolute Gasteiger partial charge is 0.0645 e. The predicted molar refractivity (Wildman–Crippen MR) is 81.8 cm³/mol. The third-order valence-electron chi connectivity index (χ3n) is 3.30. The highest BCUT2D eigenvalue weighted by molar-refractivity contribution is 5.66. The van der Waals surface area contributed by atoms with Crippen molar-refractivity contribution in [1.82, 2.24) is 15.1 Å². The number of hydrogen-bond acceptors (Lipinski definition) is 2. The summed E-state index contributed by atoms with van der Waals surface area (Å²) in [5, 5.41) is 7.67. The van der Waals surface area contributed by atoms with Gasteiger partial charge in [-0.1, -0.05) is 42.5 Å². The lowest BCUT2D eigenvalue weighted by atomic mass is 10.0. The molecule has 0 aliphatic rings. The van der Waals surface area contributed by atoms with Crippen molar-refractivity contribution in [2.45, 2.75) is 6.54 Å². The second-order valence-electron chi connectivity index (χ2n) is 4.70. The summed E-state index contributed by atoms with van der Waals surface area (Å²) in [5.41, 5.74) is 4.72. The molecule has 2 aromatic carbocycles. The minimum absolute atomic E-state index is 0.854. The van der Waals surface area contributed by atoms with Crippen LogP contribution in [0.3, 0.4) is 0 Å². The van der Waals surface area contributed by atoms with Crippen LogP contribution in [0.2, 0.25) is 0 Å². The number of rotatable bonds is 4. The molecule has 3 heteroatoms. The van der Waals surface area contributed by atoms with Crippen molar-refractivity contribution in [1.29, 1.82) is 0 Å². The largest absolute Gasteiger partial charge is 0.316 e. The topological polar surface area (TPSA) is 29.9 Å². The van der Waals surface area contributed by atoms with E-state index in [2.05, 4.69) is 53.0 Å². The van der Waals surface area contributed by atoms with Gasteiger partial charge in [0, 0.05) is 18.3 Å². The molecule has 0 bridgehead atoms. The average molecular weight is 263 g/mol. The van der Waals surface area contributed by atoms with E-state index in [1.807, 2.05) is 36.1 Å². The standard InChI is InChI=1S/C17H17N3/c1-18-11-14-7-5-6-10-17(14)15-12-19-20(13-15)16-8-3-2-4-9-16/h2-10,12-13,18H,11H2,1H3. The monoisotopic (exact) mass is 263 g/mol. The van der Waals surface area contributed by atoms with E-state index >= 15 is 0 Å². The number of nitrogens with zero attached hydrogens (tertiary/aromatic N) is 2. The molecule has 0 aliphatic heterocycles. The van der Waals surface area contributed by atoms with Gasteiger partial charge in [0.1, 0.15) is 0 Å². The quantitative estimate of drug-likeness (QED) is 0.783. The molecule has 0 spiro atoms. The highest BCUT2D eigenvalue weighted by Gasteiger charge is 2.07. The van der Waals surface area contributed by atoms with Gasteiger partial charge in [-0.05, 0) is 30.3 Å². The van der Waals surface area contributed by atoms with Gasteiger partial charge in [-0.25, -0.2) is 4.68 Å². The molecule has 0 radical (unpaired) electrons. The highest BCUT2D eigenvalue weighted by Crippen LogP contribution is 2.24. The van der Waals surface area contributed by atoms with Crippen LogP contribution in [-0.4, -0.2) is 16.8 Å². The zero-order valence-corrected chi connectivity index (χ0v) is 11.5. The summed E-state index contributed by atoms with van der Waals surface area (Å²) in [6.07, 6.45) is 3.99. The first kappa shape index (κ1) is 12.6. The Kier molecular flexibility index (Phi) is 3.61. The second kappa shape index (κ2) is 5.72. The maximum Gasteiger partial charge on any atom is 0.0645 e. The second-order valence-corrected chi connectivity index (χ2v) is 4.70. The fraction of sp³-hybridized carbons (Fsp3) is 0.118. The summed E-state index contributed by atoms with van der Waals surface area (Å²) in [4.78, 5) is 0. The molecule has 3 aromatic rings. The Bertz CT molecular complexity index is 686. The Hall–Kier alpha value is -2.39. The molecular weight excluding hydrogens is 246 g/mol. The van der Waals surface area contributed by atoms with E-state index in [0.29, 0.717) is 0 Å². The zero-order valence-electron chi connectivity index (χ0n) is 11.5. The first-order valence-electron chi connectivity index (χ1n) is 6.71. The lowest BCUT2D eigenvalue weighted by Crippen LogP contribution is -2.06. The third-order valence-corrected chi connectivity index (χ3v) is 3.30. The van der Waals surface area contributed by atoms with Crippen LogP contribution in [0.15, 0.2) is 67.0 Å². The minimum Gasteiger partial charge on any atom is -0.316 e. The Morgan fingerprint density at radius 1 is 1.00 bits per heavy atom. The van der Waals surface area contributed by atoms with E-state index in [1.54, 1.807) is 0 Å². The summed E-state index contributed by atoms with van der Waals surface area (Å²) in [7, 11) is 1.96. The fourth-order valence-electron chi connectivity index (χ4n) is 2.33. The van der Waals surface area contributed by atoms with Crippen molar-refractivity contribution < 1.29 is 0 Å². The van der Waals surface area contributed by atoms with Gasteiger partial charge in [-0.15, -0.1) is 0 Å². The summed E-state index contributed by atoms with van der Waals surface area (Å²) in [5.74, 6) is 0. The van der Waals surface area contributed by atoms with Gasteiger partial charge in [0.2, 0.25) is 0 Å². The zero-order chi connectivity index (χ0) is 13.8. The van der Waals surface area contributed by atoms with E-state index < -0.39 is 0 Å². The maximum absolute atomic E-state index is 4.46. The van der Waals surface area contributed by atoms with Crippen LogP contribution in [0.1, 0.15) is 5.56 Å².